The van der Waals surface area contributed by atoms with Crippen molar-refractivity contribution in [3.05, 3.63) is 23.3 Å². The number of sulfonamides is 1. The Balaban J connectivity index is 2.14. The highest BCUT2D eigenvalue weighted by atomic mass is 32.2. The van der Waals surface area contributed by atoms with Crippen LogP contribution in [0.3, 0.4) is 0 Å². The number of anilines is 1. The first kappa shape index (κ1) is 15.3. The predicted octanol–water partition coefficient (Wildman–Crippen LogP) is 2.74. The molecule has 1 saturated carbocycles. The van der Waals surface area contributed by atoms with E-state index >= 15 is 0 Å². The quantitative estimate of drug-likeness (QED) is 0.839. The van der Waals surface area contributed by atoms with Crippen LogP contribution in [-0.4, -0.2) is 15.0 Å². The first-order chi connectivity index (χ1) is 9.40. The van der Waals surface area contributed by atoms with E-state index in [9.17, 15) is 8.42 Å². The molecule has 2 rings (SSSR count). The van der Waals surface area contributed by atoms with Crippen LogP contribution in [-0.2, 0) is 10.0 Å². The lowest BCUT2D eigenvalue weighted by molar-refractivity contribution is 0.357. The minimum Gasteiger partial charge on any atom is -0.399 e. The standard InChI is InChI=1S/C15H24N2O2S/c1-11-8-14(16)9-15(12(11)2)20(18,19)17-10-13-6-4-3-5-7-13/h8-9,13,17H,3-7,10,16H2,1-2H3. The number of hydrogen-bond acceptors (Lipinski definition) is 3. The Bertz CT molecular complexity index is 576. The van der Waals surface area contributed by atoms with Gasteiger partial charge in [-0.05, 0) is 55.9 Å². The lowest BCUT2D eigenvalue weighted by Crippen LogP contribution is -2.31. The Morgan fingerprint density at radius 1 is 1.20 bits per heavy atom. The molecule has 0 unspecified atom stereocenters. The topological polar surface area (TPSA) is 72.2 Å². The number of nitrogens with one attached hydrogen (secondary N) is 1. The van der Waals surface area contributed by atoms with Crippen LogP contribution in [0.2, 0.25) is 0 Å². The Morgan fingerprint density at radius 2 is 1.85 bits per heavy atom. The summed E-state index contributed by atoms with van der Waals surface area (Å²) in [7, 11) is -3.47. The van der Waals surface area contributed by atoms with E-state index in [1.165, 1.54) is 19.3 Å². The summed E-state index contributed by atoms with van der Waals surface area (Å²) >= 11 is 0. The van der Waals surface area contributed by atoms with E-state index in [0.717, 1.165) is 24.0 Å². The maximum absolute atomic E-state index is 12.4. The molecule has 0 atom stereocenters. The molecule has 20 heavy (non-hydrogen) atoms. The molecule has 5 heteroatoms. The average Bonchev–Trinajstić information content (AvgIpc) is 2.42. The van der Waals surface area contributed by atoms with E-state index in [2.05, 4.69) is 4.72 Å². The summed E-state index contributed by atoms with van der Waals surface area (Å²) in [5.74, 6) is 0.473. The largest absolute Gasteiger partial charge is 0.399 e. The van der Waals surface area contributed by atoms with Crippen LogP contribution in [0.15, 0.2) is 17.0 Å². The highest BCUT2D eigenvalue weighted by Gasteiger charge is 2.21. The third kappa shape index (κ3) is 3.52. The van der Waals surface area contributed by atoms with Crippen LogP contribution >= 0.6 is 0 Å². The molecule has 1 aromatic rings. The Kier molecular flexibility index (Phi) is 4.70. The number of nitrogen functional groups attached to an aromatic ring is 1. The molecule has 4 nitrogen and oxygen atoms in total. The van der Waals surface area contributed by atoms with Crippen molar-refractivity contribution in [1.29, 1.82) is 0 Å². The van der Waals surface area contributed by atoms with Crippen LogP contribution in [0.4, 0.5) is 5.69 Å². The normalized spacial score (nSPS) is 17.3. The SMILES string of the molecule is Cc1cc(N)cc(S(=O)(=O)NCC2CCCCC2)c1C. The predicted molar refractivity (Wildman–Crippen MR) is 82.1 cm³/mol. The summed E-state index contributed by atoms with van der Waals surface area (Å²) < 4.78 is 27.6. The van der Waals surface area contributed by atoms with Gasteiger partial charge in [0.25, 0.3) is 0 Å². The molecule has 0 heterocycles. The summed E-state index contributed by atoms with van der Waals surface area (Å²) in [6.07, 6.45) is 5.94. The second-order valence-electron chi connectivity index (χ2n) is 5.82. The monoisotopic (exact) mass is 296 g/mol. The minimum absolute atomic E-state index is 0.311. The minimum atomic E-state index is -3.47. The first-order valence-electron chi connectivity index (χ1n) is 7.26. The molecule has 0 saturated heterocycles. The van der Waals surface area contributed by atoms with Gasteiger partial charge in [-0.25, -0.2) is 13.1 Å². The summed E-state index contributed by atoms with van der Waals surface area (Å²) in [4.78, 5) is 0.311. The molecule has 1 aliphatic carbocycles. The molecule has 0 radical (unpaired) electrons. The molecule has 0 spiro atoms. The van der Waals surface area contributed by atoms with Gasteiger partial charge >= 0.3 is 0 Å². The van der Waals surface area contributed by atoms with Gasteiger partial charge in [0.1, 0.15) is 0 Å². The van der Waals surface area contributed by atoms with Crippen LogP contribution in [0, 0.1) is 19.8 Å². The highest BCUT2D eigenvalue weighted by Crippen LogP contribution is 2.25. The van der Waals surface area contributed by atoms with Gasteiger partial charge in [-0.1, -0.05) is 19.3 Å². The number of benzene rings is 1. The molecule has 0 bridgehead atoms. The van der Waals surface area contributed by atoms with Gasteiger partial charge in [0.05, 0.1) is 4.90 Å². The van der Waals surface area contributed by atoms with Crippen LogP contribution in [0.5, 0.6) is 0 Å². The Labute approximate surface area is 121 Å². The summed E-state index contributed by atoms with van der Waals surface area (Å²) in [6, 6.07) is 3.35. The number of nitrogens with two attached hydrogens (primary N) is 1. The third-order valence-electron chi connectivity index (χ3n) is 4.22. The van der Waals surface area contributed by atoms with E-state index in [0.29, 0.717) is 23.0 Å². The second-order valence-corrected chi connectivity index (χ2v) is 7.55. The van der Waals surface area contributed by atoms with E-state index < -0.39 is 10.0 Å². The fourth-order valence-electron chi connectivity index (χ4n) is 2.83. The van der Waals surface area contributed by atoms with E-state index in [1.807, 2.05) is 13.8 Å². The first-order valence-corrected chi connectivity index (χ1v) is 8.75. The third-order valence-corrected chi connectivity index (χ3v) is 5.77. The maximum atomic E-state index is 12.4. The highest BCUT2D eigenvalue weighted by molar-refractivity contribution is 7.89. The molecule has 3 N–H and O–H groups in total. The van der Waals surface area contributed by atoms with Gasteiger partial charge in [-0.15, -0.1) is 0 Å². The van der Waals surface area contributed by atoms with Crippen molar-refractivity contribution in [2.45, 2.75) is 50.8 Å². The maximum Gasteiger partial charge on any atom is 0.240 e. The lowest BCUT2D eigenvalue weighted by atomic mass is 9.90. The van der Waals surface area contributed by atoms with Crippen molar-refractivity contribution in [3.63, 3.8) is 0 Å². The van der Waals surface area contributed by atoms with Gasteiger partial charge in [0, 0.05) is 12.2 Å². The molecule has 0 aliphatic heterocycles. The van der Waals surface area contributed by atoms with Crippen LogP contribution in [0.1, 0.15) is 43.2 Å². The summed E-state index contributed by atoms with van der Waals surface area (Å²) in [6.45, 7) is 4.24. The summed E-state index contributed by atoms with van der Waals surface area (Å²) in [5.41, 5.74) is 7.94. The number of hydrogen-bond donors (Lipinski definition) is 2. The molecule has 0 amide bonds. The van der Waals surface area contributed by atoms with Crippen LogP contribution in [0.25, 0.3) is 0 Å². The Hall–Kier alpha value is -1.07. The van der Waals surface area contributed by atoms with Crippen molar-refractivity contribution in [2.24, 2.45) is 5.92 Å². The molecule has 1 fully saturated rings. The van der Waals surface area contributed by atoms with Crippen molar-refractivity contribution < 1.29 is 8.42 Å². The van der Waals surface area contributed by atoms with Gasteiger partial charge < -0.3 is 5.73 Å². The Morgan fingerprint density at radius 3 is 2.50 bits per heavy atom. The van der Waals surface area contributed by atoms with Crippen molar-refractivity contribution in [2.75, 3.05) is 12.3 Å². The molecule has 0 aromatic heterocycles. The molecule has 1 aromatic carbocycles. The average molecular weight is 296 g/mol. The van der Waals surface area contributed by atoms with Gasteiger partial charge in [-0.2, -0.15) is 0 Å². The molecule has 112 valence electrons. The molecular weight excluding hydrogens is 272 g/mol. The zero-order chi connectivity index (χ0) is 14.8. The van der Waals surface area contributed by atoms with Crippen molar-refractivity contribution in [3.8, 4) is 0 Å². The fourth-order valence-corrected chi connectivity index (χ4v) is 4.30. The van der Waals surface area contributed by atoms with E-state index in [-0.39, 0.29) is 0 Å². The zero-order valence-corrected chi connectivity index (χ0v) is 13.1. The number of rotatable bonds is 4. The molecular formula is C15H24N2O2S. The van der Waals surface area contributed by atoms with Gasteiger partial charge in [0.15, 0.2) is 0 Å². The second kappa shape index (κ2) is 6.14. The van der Waals surface area contributed by atoms with Gasteiger partial charge in [-0.3, -0.25) is 0 Å². The number of aryl methyl sites for hydroxylation is 1. The van der Waals surface area contributed by atoms with Crippen molar-refractivity contribution in [1.82, 2.24) is 4.72 Å². The van der Waals surface area contributed by atoms with E-state index in [4.69, 9.17) is 5.73 Å². The van der Waals surface area contributed by atoms with Crippen LogP contribution < -0.4 is 10.5 Å². The fraction of sp³-hybridized carbons (Fsp3) is 0.600. The zero-order valence-electron chi connectivity index (χ0n) is 12.3. The van der Waals surface area contributed by atoms with E-state index in [1.54, 1.807) is 12.1 Å². The van der Waals surface area contributed by atoms with Crippen molar-refractivity contribution >= 4 is 15.7 Å². The summed E-state index contributed by atoms with van der Waals surface area (Å²) in [5, 5.41) is 0. The smallest absolute Gasteiger partial charge is 0.240 e. The van der Waals surface area contributed by atoms with Gasteiger partial charge in [0.2, 0.25) is 10.0 Å². The lowest BCUT2D eigenvalue weighted by Gasteiger charge is -2.22. The molecule has 1 aliphatic rings.